The van der Waals surface area contributed by atoms with E-state index in [0.717, 1.165) is 16.9 Å². The zero-order valence-corrected chi connectivity index (χ0v) is 13.0. The van der Waals surface area contributed by atoms with Gasteiger partial charge in [0, 0.05) is 5.56 Å². The molecule has 2 heteroatoms. The Labute approximate surface area is 116 Å². The lowest BCUT2D eigenvalue weighted by Gasteiger charge is -2.26. The van der Waals surface area contributed by atoms with Crippen molar-refractivity contribution >= 4 is 5.78 Å². The van der Waals surface area contributed by atoms with Crippen LogP contribution in [0.3, 0.4) is 0 Å². The van der Waals surface area contributed by atoms with Gasteiger partial charge < -0.3 is 4.74 Å². The third-order valence-electron chi connectivity index (χ3n) is 3.69. The van der Waals surface area contributed by atoms with Gasteiger partial charge in [0.15, 0.2) is 6.10 Å². The summed E-state index contributed by atoms with van der Waals surface area (Å²) < 4.78 is 5.79. The number of ketones is 1. The molecule has 19 heavy (non-hydrogen) atoms. The fraction of sp³-hybridized carbons (Fsp3) is 0.588. The Morgan fingerprint density at radius 1 is 1.00 bits per heavy atom. The molecule has 1 aromatic rings. The van der Waals surface area contributed by atoms with E-state index < -0.39 is 0 Å². The van der Waals surface area contributed by atoms with E-state index >= 15 is 0 Å². The number of rotatable bonds is 0. The molecule has 2 rings (SSSR count). The molecule has 1 aliphatic heterocycles. The Balaban J connectivity index is 2.72. The van der Waals surface area contributed by atoms with E-state index in [1.165, 1.54) is 5.56 Å². The summed E-state index contributed by atoms with van der Waals surface area (Å²) in [6, 6.07) is 4.21. The molecule has 1 aliphatic rings. The van der Waals surface area contributed by atoms with Crippen LogP contribution in [0.25, 0.3) is 0 Å². The number of Topliss-reactive ketones (excluding diaryl/α,β-unsaturated/α-hetero) is 1. The number of fused-ring (bicyclic) bond motifs is 1. The molecule has 0 saturated heterocycles. The van der Waals surface area contributed by atoms with E-state index in [1.54, 1.807) is 0 Å². The summed E-state index contributed by atoms with van der Waals surface area (Å²) in [6.07, 6.45) is -0.355. The predicted octanol–water partition coefficient (Wildman–Crippen LogP) is 4.25. The smallest absolute Gasteiger partial charge is 0.206 e. The molecule has 0 saturated carbocycles. The van der Waals surface area contributed by atoms with Gasteiger partial charge in [-0.2, -0.15) is 0 Å². The van der Waals surface area contributed by atoms with Crippen LogP contribution in [0.4, 0.5) is 0 Å². The summed E-state index contributed by atoms with van der Waals surface area (Å²) in [6.45, 7) is 14.8. The van der Waals surface area contributed by atoms with Crippen LogP contribution in [0, 0.1) is 0 Å². The van der Waals surface area contributed by atoms with Crippen LogP contribution >= 0.6 is 0 Å². The highest BCUT2D eigenvalue weighted by Crippen LogP contribution is 2.42. The SMILES string of the molecule is CC1Oc2c(cc(C(C)(C)C)cc2C(C)(C)C)C1=O. The zero-order chi connectivity index (χ0) is 14.6. The fourth-order valence-corrected chi connectivity index (χ4v) is 2.38. The van der Waals surface area contributed by atoms with Crippen LogP contribution in [0.2, 0.25) is 0 Å². The second kappa shape index (κ2) is 4.09. The van der Waals surface area contributed by atoms with Gasteiger partial charge in [0.25, 0.3) is 0 Å². The third kappa shape index (κ3) is 2.41. The fourth-order valence-electron chi connectivity index (χ4n) is 2.38. The molecule has 0 radical (unpaired) electrons. The quantitative estimate of drug-likeness (QED) is 0.697. The molecule has 1 atom stereocenters. The maximum atomic E-state index is 12.2. The summed E-state index contributed by atoms with van der Waals surface area (Å²) in [4.78, 5) is 12.2. The number of benzene rings is 1. The first kappa shape index (κ1) is 14.1. The monoisotopic (exact) mass is 260 g/mol. The van der Waals surface area contributed by atoms with Gasteiger partial charge in [-0.05, 0) is 29.4 Å². The topological polar surface area (TPSA) is 26.3 Å². The van der Waals surface area contributed by atoms with Crippen LogP contribution < -0.4 is 4.74 Å². The van der Waals surface area contributed by atoms with Crippen molar-refractivity contribution in [2.45, 2.75) is 65.4 Å². The van der Waals surface area contributed by atoms with Crippen LogP contribution in [-0.4, -0.2) is 11.9 Å². The normalized spacial score (nSPS) is 19.3. The Morgan fingerprint density at radius 2 is 1.58 bits per heavy atom. The second-order valence-corrected chi connectivity index (χ2v) is 7.52. The molecule has 0 amide bonds. The number of ether oxygens (including phenoxy) is 1. The van der Waals surface area contributed by atoms with Crippen molar-refractivity contribution in [1.29, 1.82) is 0 Å². The van der Waals surface area contributed by atoms with Crippen LogP contribution in [0.1, 0.15) is 70.0 Å². The molecular weight excluding hydrogens is 236 g/mol. The summed E-state index contributed by atoms with van der Waals surface area (Å²) in [5, 5.41) is 0. The average Bonchev–Trinajstić information content (AvgIpc) is 2.51. The van der Waals surface area contributed by atoms with Crippen molar-refractivity contribution in [1.82, 2.24) is 0 Å². The minimum absolute atomic E-state index is 0.0289. The summed E-state index contributed by atoms with van der Waals surface area (Å²) in [5.74, 6) is 0.893. The molecule has 0 bridgehead atoms. The molecule has 1 heterocycles. The highest BCUT2D eigenvalue weighted by molar-refractivity contribution is 6.05. The number of hydrogen-bond acceptors (Lipinski definition) is 2. The van der Waals surface area contributed by atoms with E-state index in [4.69, 9.17) is 4.74 Å². The molecule has 2 nitrogen and oxygen atoms in total. The number of carbonyl (C=O) groups is 1. The van der Waals surface area contributed by atoms with Gasteiger partial charge in [0.2, 0.25) is 5.78 Å². The van der Waals surface area contributed by atoms with Crippen LogP contribution in [0.15, 0.2) is 12.1 Å². The Morgan fingerprint density at radius 3 is 2.05 bits per heavy atom. The molecule has 1 unspecified atom stereocenters. The minimum Gasteiger partial charge on any atom is -0.481 e. The van der Waals surface area contributed by atoms with E-state index in [-0.39, 0.29) is 22.7 Å². The van der Waals surface area contributed by atoms with Gasteiger partial charge >= 0.3 is 0 Å². The van der Waals surface area contributed by atoms with Crippen molar-refractivity contribution in [3.63, 3.8) is 0 Å². The summed E-state index contributed by atoms with van der Waals surface area (Å²) in [7, 11) is 0. The van der Waals surface area contributed by atoms with Gasteiger partial charge in [0.1, 0.15) is 5.75 Å². The maximum Gasteiger partial charge on any atom is 0.206 e. The van der Waals surface area contributed by atoms with Gasteiger partial charge in [0.05, 0.1) is 5.56 Å². The van der Waals surface area contributed by atoms with E-state index in [1.807, 2.05) is 13.0 Å². The Bertz CT molecular complexity index is 527. The molecule has 0 aromatic heterocycles. The molecule has 1 aromatic carbocycles. The first-order chi connectivity index (χ1) is 8.51. The van der Waals surface area contributed by atoms with Crippen molar-refractivity contribution in [3.8, 4) is 5.75 Å². The Kier molecular flexibility index (Phi) is 3.04. The molecule has 0 aliphatic carbocycles. The van der Waals surface area contributed by atoms with Crippen molar-refractivity contribution in [3.05, 3.63) is 28.8 Å². The summed E-state index contributed by atoms with van der Waals surface area (Å²) >= 11 is 0. The van der Waals surface area contributed by atoms with E-state index in [9.17, 15) is 4.79 Å². The Hall–Kier alpha value is -1.31. The molecular formula is C17H24O2. The first-order valence-corrected chi connectivity index (χ1v) is 6.91. The highest BCUT2D eigenvalue weighted by atomic mass is 16.5. The highest BCUT2D eigenvalue weighted by Gasteiger charge is 2.35. The van der Waals surface area contributed by atoms with Crippen LogP contribution in [0.5, 0.6) is 5.75 Å². The lowest BCUT2D eigenvalue weighted by Crippen LogP contribution is -2.17. The van der Waals surface area contributed by atoms with Gasteiger partial charge in [-0.25, -0.2) is 0 Å². The second-order valence-electron chi connectivity index (χ2n) is 7.52. The van der Waals surface area contributed by atoms with Gasteiger partial charge in [-0.3, -0.25) is 4.79 Å². The average molecular weight is 260 g/mol. The van der Waals surface area contributed by atoms with Crippen molar-refractivity contribution in [2.24, 2.45) is 0 Å². The van der Waals surface area contributed by atoms with Crippen LogP contribution in [-0.2, 0) is 10.8 Å². The summed E-state index contributed by atoms with van der Waals surface area (Å²) in [5.41, 5.74) is 3.08. The predicted molar refractivity (Wildman–Crippen MR) is 78.3 cm³/mol. The minimum atomic E-state index is -0.355. The van der Waals surface area contributed by atoms with Crippen molar-refractivity contribution in [2.75, 3.05) is 0 Å². The molecule has 0 spiro atoms. The van der Waals surface area contributed by atoms with E-state index in [2.05, 4.69) is 47.6 Å². The molecule has 0 fully saturated rings. The molecule has 104 valence electrons. The maximum absolute atomic E-state index is 12.2. The van der Waals surface area contributed by atoms with Gasteiger partial charge in [-0.15, -0.1) is 0 Å². The largest absolute Gasteiger partial charge is 0.481 e. The lowest BCUT2D eigenvalue weighted by molar-refractivity contribution is 0.0877. The number of hydrogen-bond donors (Lipinski definition) is 0. The first-order valence-electron chi connectivity index (χ1n) is 6.91. The van der Waals surface area contributed by atoms with Gasteiger partial charge in [-0.1, -0.05) is 47.6 Å². The third-order valence-corrected chi connectivity index (χ3v) is 3.69. The standard InChI is InChI=1S/C17H24O2/c1-10-14(18)12-8-11(16(2,3)4)9-13(15(12)19-10)17(5,6)7/h8-10H,1-7H3. The lowest BCUT2D eigenvalue weighted by atomic mass is 9.79. The number of carbonyl (C=O) groups excluding carboxylic acids is 1. The molecule has 0 N–H and O–H groups in total. The van der Waals surface area contributed by atoms with Crippen molar-refractivity contribution < 1.29 is 9.53 Å². The van der Waals surface area contributed by atoms with E-state index in [0.29, 0.717) is 0 Å². The zero-order valence-electron chi connectivity index (χ0n) is 13.0.